The lowest BCUT2D eigenvalue weighted by atomic mass is 9.78. The first-order valence-corrected chi connectivity index (χ1v) is 11.2. The van der Waals surface area contributed by atoms with Gasteiger partial charge < -0.3 is 24.3 Å². The lowest BCUT2D eigenvalue weighted by Crippen LogP contribution is -2.38. The number of para-hydroxylation sites is 1. The summed E-state index contributed by atoms with van der Waals surface area (Å²) in [5.74, 6) is -0.330. The number of aromatic nitrogens is 1. The lowest BCUT2D eigenvalue weighted by Gasteiger charge is -2.35. The van der Waals surface area contributed by atoms with Gasteiger partial charge in [-0.05, 0) is 42.1 Å². The van der Waals surface area contributed by atoms with Crippen LogP contribution in [-0.2, 0) is 22.2 Å². The molecule has 4 rings (SSSR count). The summed E-state index contributed by atoms with van der Waals surface area (Å²) in [7, 11) is 4.82. The van der Waals surface area contributed by atoms with Crippen molar-refractivity contribution in [1.82, 2.24) is 4.57 Å². The molecule has 0 saturated carbocycles. The average molecular weight is 454 g/mol. The third kappa shape index (κ3) is 3.81. The monoisotopic (exact) mass is 453 g/mol. The molecule has 1 aliphatic heterocycles. The molecule has 1 aliphatic rings. The standard InChI is InChI=1S/C25H27NO5S/c1-25(29,16-9-11-17(30-3)12-10-16)18-14-21(24(28)31-4)32-23(18)22(27)20-13-15-7-5-6-8-19(15)26(20)2/h5-14,18,22-23,27,29H,1-4H3/t18-,22?,23-,25?/m1/s1. The third-order valence-electron chi connectivity index (χ3n) is 6.26. The Labute approximate surface area is 191 Å². The Bertz CT molecular complexity index is 1160. The van der Waals surface area contributed by atoms with Crippen LogP contribution in [0.5, 0.6) is 5.75 Å². The van der Waals surface area contributed by atoms with Crippen LogP contribution in [0.1, 0.15) is 24.3 Å². The van der Waals surface area contributed by atoms with E-state index in [0.29, 0.717) is 16.2 Å². The Kier molecular flexibility index (Phi) is 6.07. The highest BCUT2D eigenvalue weighted by Crippen LogP contribution is 2.50. The number of carbonyl (C=O) groups excluding carboxylic acids is 1. The van der Waals surface area contributed by atoms with Crippen molar-refractivity contribution in [3.63, 3.8) is 0 Å². The van der Waals surface area contributed by atoms with Crippen molar-refractivity contribution in [3.05, 3.63) is 76.8 Å². The number of ether oxygens (including phenoxy) is 2. The molecule has 1 aromatic heterocycles. The van der Waals surface area contributed by atoms with E-state index in [9.17, 15) is 15.0 Å². The van der Waals surface area contributed by atoms with Gasteiger partial charge in [-0.25, -0.2) is 4.79 Å². The summed E-state index contributed by atoms with van der Waals surface area (Å²) in [5.41, 5.74) is 1.05. The number of aryl methyl sites for hydroxylation is 1. The lowest BCUT2D eigenvalue weighted by molar-refractivity contribution is -0.135. The molecule has 0 bridgehead atoms. The van der Waals surface area contributed by atoms with Crippen LogP contribution in [0.15, 0.2) is 65.6 Å². The van der Waals surface area contributed by atoms with Gasteiger partial charge >= 0.3 is 5.97 Å². The van der Waals surface area contributed by atoms with Gasteiger partial charge in [0, 0.05) is 24.2 Å². The summed E-state index contributed by atoms with van der Waals surface area (Å²) in [4.78, 5) is 12.7. The third-order valence-corrected chi connectivity index (χ3v) is 7.64. The maximum atomic E-state index is 12.3. The molecule has 6 nitrogen and oxygen atoms in total. The van der Waals surface area contributed by atoms with E-state index >= 15 is 0 Å². The number of aliphatic hydroxyl groups is 2. The van der Waals surface area contributed by atoms with E-state index in [1.807, 2.05) is 41.9 Å². The van der Waals surface area contributed by atoms with Crippen molar-refractivity contribution in [3.8, 4) is 5.75 Å². The van der Waals surface area contributed by atoms with Crippen molar-refractivity contribution in [1.29, 1.82) is 0 Å². The minimum atomic E-state index is -1.34. The second kappa shape index (κ2) is 8.65. The Morgan fingerprint density at radius 2 is 1.84 bits per heavy atom. The zero-order valence-corrected chi connectivity index (χ0v) is 19.3. The van der Waals surface area contributed by atoms with Gasteiger partial charge in [0.15, 0.2) is 0 Å². The van der Waals surface area contributed by atoms with E-state index in [-0.39, 0.29) is 0 Å². The summed E-state index contributed by atoms with van der Waals surface area (Å²) in [6.07, 6.45) is 0.794. The number of methoxy groups -OCH3 is 2. The van der Waals surface area contributed by atoms with Gasteiger partial charge in [-0.1, -0.05) is 36.4 Å². The van der Waals surface area contributed by atoms with Crippen molar-refractivity contribution < 1.29 is 24.5 Å². The fourth-order valence-electron chi connectivity index (χ4n) is 4.36. The molecule has 0 amide bonds. The number of rotatable bonds is 6. The number of aliphatic hydroxyl groups excluding tert-OH is 1. The van der Waals surface area contributed by atoms with Crippen LogP contribution in [-0.4, -0.2) is 40.2 Å². The van der Waals surface area contributed by atoms with Crippen LogP contribution in [0.25, 0.3) is 10.9 Å². The van der Waals surface area contributed by atoms with Crippen LogP contribution in [0.4, 0.5) is 0 Å². The molecule has 2 N–H and O–H groups in total. The maximum Gasteiger partial charge on any atom is 0.344 e. The SMILES string of the molecule is COC(=O)C1=C[C@@H](C(C)(O)c2ccc(OC)cc2)[C@H](C(O)c2cc3ccccc3n2C)S1. The van der Waals surface area contributed by atoms with Gasteiger partial charge in [0.1, 0.15) is 11.9 Å². The maximum absolute atomic E-state index is 12.3. The van der Waals surface area contributed by atoms with Crippen LogP contribution in [0.3, 0.4) is 0 Å². The zero-order valence-electron chi connectivity index (χ0n) is 18.5. The molecule has 2 heterocycles. The van der Waals surface area contributed by atoms with Crippen molar-refractivity contribution in [2.24, 2.45) is 13.0 Å². The van der Waals surface area contributed by atoms with Gasteiger partial charge in [0.05, 0.1) is 30.0 Å². The summed E-state index contributed by atoms with van der Waals surface area (Å²) >= 11 is 1.24. The molecule has 0 spiro atoms. The second-order valence-corrected chi connectivity index (χ2v) is 9.36. The van der Waals surface area contributed by atoms with Crippen molar-refractivity contribution in [2.75, 3.05) is 14.2 Å². The topological polar surface area (TPSA) is 80.9 Å². The highest BCUT2D eigenvalue weighted by molar-refractivity contribution is 8.04. The minimum absolute atomic E-state index is 0.383. The van der Waals surface area contributed by atoms with Gasteiger partial charge in [0.25, 0.3) is 0 Å². The molecule has 0 aliphatic carbocycles. The Balaban J connectivity index is 1.75. The van der Waals surface area contributed by atoms with E-state index < -0.39 is 28.8 Å². The summed E-state index contributed by atoms with van der Waals surface area (Å²) in [6.45, 7) is 1.71. The molecule has 4 atom stereocenters. The second-order valence-electron chi connectivity index (χ2n) is 8.14. The Hall–Kier alpha value is -2.74. The van der Waals surface area contributed by atoms with Gasteiger partial charge in [0.2, 0.25) is 0 Å². The highest BCUT2D eigenvalue weighted by Gasteiger charge is 2.47. The molecule has 168 valence electrons. The first-order chi connectivity index (χ1) is 15.3. The molecule has 2 unspecified atom stereocenters. The normalized spacial score (nSPS) is 21.1. The number of nitrogens with zero attached hydrogens (tertiary/aromatic N) is 1. The number of hydrogen-bond acceptors (Lipinski definition) is 6. The predicted molar refractivity (Wildman–Crippen MR) is 125 cm³/mol. The molecular weight excluding hydrogens is 426 g/mol. The van der Waals surface area contributed by atoms with Gasteiger partial charge in [-0.3, -0.25) is 0 Å². The van der Waals surface area contributed by atoms with Crippen LogP contribution < -0.4 is 4.74 Å². The number of carbonyl (C=O) groups is 1. The molecule has 0 fully saturated rings. The van der Waals surface area contributed by atoms with E-state index in [1.165, 1.54) is 18.9 Å². The largest absolute Gasteiger partial charge is 0.497 e. The molecule has 0 radical (unpaired) electrons. The van der Waals surface area contributed by atoms with E-state index in [1.54, 1.807) is 44.4 Å². The Morgan fingerprint density at radius 3 is 2.47 bits per heavy atom. The average Bonchev–Trinajstić information content (AvgIpc) is 3.41. The van der Waals surface area contributed by atoms with Gasteiger partial charge in [-0.2, -0.15) is 0 Å². The number of esters is 1. The quantitative estimate of drug-likeness (QED) is 0.551. The molecular formula is C25H27NO5S. The van der Waals surface area contributed by atoms with E-state index in [2.05, 4.69) is 0 Å². The number of thioether (sulfide) groups is 1. The first kappa shape index (κ1) is 22.5. The van der Waals surface area contributed by atoms with Gasteiger partial charge in [-0.15, -0.1) is 11.8 Å². The summed E-state index contributed by atoms with van der Waals surface area (Å²) in [6, 6.07) is 17.0. The summed E-state index contributed by atoms with van der Waals surface area (Å²) in [5, 5.41) is 23.6. The molecule has 2 aromatic carbocycles. The number of hydrogen-bond donors (Lipinski definition) is 2. The van der Waals surface area contributed by atoms with Crippen molar-refractivity contribution in [2.45, 2.75) is 23.9 Å². The number of fused-ring (bicyclic) bond motifs is 1. The highest BCUT2D eigenvalue weighted by atomic mass is 32.2. The Morgan fingerprint density at radius 1 is 1.16 bits per heavy atom. The molecule has 7 heteroatoms. The fraction of sp³-hybridized carbons (Fsp3) is 0.320. The van der Waals surface area contributed by atoms with E-state index in [0.717, 1.165) is 16.6 Å². The molecule has 0 saturated heterocycles. The molecule has 3 aromatic rings. The van der Waals surface area contributed by atoms with E-state index in [4.69, 9.17) is 9.47 Å². The summed E-state index contributed by atoms with van der Waals surface area (Å²) < 4.78 is 12.1. The van der Waals surface area contributed by atoms with Crippen molar-refractivity contribution >= 4 is 28.6 Å². The molecule has 32 heavy (non-hydrogen) atoms. The number of benzene rings is 2. The van der Waals surface area contributed by atoms with Crippen LogP contribution >= 0.6 is 11.8 Å². The van der Waals surface area contributed by atoms with Crippen LogP contribution in [0, 0.1) is 5.92 Å². The smallest absolute Gasteiger partial charge is 0.344 e. The zero-order chi connectivity index (χ0) is 23.0. The fourth-order valence-corrected chi connectivity index (χ4v) is 5.82. The minimum Gasteiger partial charge on any atom is -0.497 e. The first-order valence-electron chi connectivity index (χ1n) is 10.3. The predicted octanol–water partition coefficient (Wildman–Crippen LogP) is 3.92. The van der Waals surface area contributed by atoms with Crippen LogP contribution in [0.2, 0.25) is 0 Å².